The molecule has 4 rings (SSSR count). The highest BCUT2D eigenvalue weighted by molar-refractivity contribution is 6.31. The number of halogens is 3. The van der Waals surface area contributed by atoms with Gasteiger partial charge in [0.05, 0.1) is 39.3 Å². The average molecular weight is 472 g/mol. The second kappa shape index (κ2) is 8.42. The third kappa shape index (κ3) is 3.70. The SMILES string of the molecule is Cc1coc(-c2c(-c3ccc(F)c(Cl)c3)c(=O)n(-c3cncc(Cl)c3)c(=O)n2CC#N)n1. The summed E-state index contributed by atoms with van der Waals surface area (Å²) in [5.74, 6) is -0.743. The van der Waals surface area contributed by atoms with Crippen LogP contribution in [0.15, 0.2) is 56.9 Å². The number of rotatable bonds is 4. The van der Waals surface area contributed by atoms with Gasteiger partial charge in [-0.25, -0.2) is 18.7 Å². The van der Waals surface area contributed by atoms with Crippen molar-refractivity contribution in [2.24, 2.45) is 0 Å². The molecule has 0 fully saturated rings. The first-order chi connectivity index (χ1) is 15.3. The summed E-state index contributed by atoms with van der Waals surface area (Å²) >= 11 is 12.0. The van der Waals surface area contributed by atoms with Gasteiger partial charge in [0.15, 0.2) is 0 Å². The zero-order valence-corrected chi connectivity index (χ0v) is 17.9. The first-order valence-electron chi connectivity index (χ1n) is 9.07. The van der Waals surface area contributed by atoms with E-state index in [1.165, 1.54) is 36.9 Å². The van der Waals surface area contributed by atoms with Crippen molar-refractivity contribution < 1.29 is 8.81 Å². The van der Waals surface area contributed by atoms with Gasteiger partial charge in [-0.05, 0) is 30.7 Å². The van der Waals surface area contributed by atoms with E-state index in [-0.39, 0.29) is 38.4 Å². The van der Waals surface area contributed by atoms with Crippen LogP contribution in [-0.4, -0.2) is 19.1 Å². The minimum Gasteiger partial charge on any atom is -0.443 e. The Labute approximate surface area is 189 Å². The second-order valence-corrected chi connectivity index (χ2v) is 7.52. The maximum atomic E-state index is 13.8. The fraction of sp³-hybridized carbons (Fsp3) is 0.0952. The van der Waals surface area contributed by atoms with E-state index < -0.39 is 23.6 Å². The standard InChI is InChI=1S/C21H12Cl2FN5O3/c1-11-10-32-19(27-11)18-17(12-2-3-16(24)15(23)6-12)20(30)29(21(31)28(18)5-4-25)14-7-13(22)8-26-9-14/h2-3,6-10H,5H2,1H3. The quantitative estimate of drug-likeness (QED) is 0.445. The minimum atomic E-state index is -0.830. The molecule has 3 heterocycles. The zero-order chi connectivity index (χ0) is 23.0. The van der Waals surface area contributed by atoms with E-state index >= 15 is 0 Å². The summed E-state index contributed by atoms with van der Waals surface area (Å²) in [7, 11) is 0. The van der Waals surface area contributed by atoms with Gasteiger partial charge in [0, 0.05) is 6.20 Å². The molecule has 11 heteroatoms. The molecule has 1 aromatic carbocycles. The molecule has 8 nitrogen and oxygen atoms in total. The summed E-state index contributed by atoms with van der Waals surface area (Å²) in [5.41, 5.74) is -0.939. The van der Waals surface area contributed by atoms with Crippen LogP contribution in [0.2, 0.25) is 10.0 Å². The predicted molar refractivity (Wildman–Crippen MR) is 115 cm³/mol. The predicted octanol–water partition coefficient (Wildman–Crippen LogP) is 3.99. The highest BCUT2D eigenvalue weighted by Gasteiger charge is 2.26. The molecule has 0 bridgehead atoms. The molecule has 0 spiro atoms. The van der Waals surface area contributed by atoms with E-state index in [1.54, 1.807) is 6.92 Å². The Morgan fingerprint density at radius 1 is 1.22 bits per heavy atom. The summed E-state index contributed by atoms with van der Waals surface area (Å²) in [6, 6.07) is 6.95. The van der Waals surface area contributed by atoms with Crippen LogP contribution in [-0.2, 0) is 6.54 Å². The van der Waals surface area contributed by atoms with Crippen molar-refractivity contribution in [3.8, 4) is 34.5 Å². The number of aromatic nitrogens is 4. The Hall–Kier alpha value is -3.74. The van der Waals surface area contributed by atoms with E-state index in [2.05, 4.69) is 9.97 Å². The van der Waals surface area contributed by atoms with Crippen molar-refractivity contribution in [3.05, 3.63) is 85.3 Å². The normalized spacial score (nSPS) is 10.8. The van der Waals surface area contributed by atoms with Gasteiger partial charge in [-0.1, -0.05) is 29.3 Å². The molecule has 3 aromatic heterocycles. The molecule has 160 valence electrons. The Bertz CT molecular complexity index is 1520. The Morgan fingerprint density at radius 2 is 2.00 bits per heavy atom. The molecule has 0 aliphatic carbocycles. The molecule has 32 heavy (non-hydrogen) atoms. The number of nitriles is 1. The largest absolute Gasteiger partial charge is 0.443 e. The van der Waals surface area contributed by atoms with Crippen molar-refractivity contribution in [2.45, 2.75) is 13.5 Å². The van der Waals surface area contributed by atoms with Crippen LogP contribution in [0.4, 0.5) is 4.39 Å². The Morgan fingerprint density at radius 3 is 2.62 bits per heavy atom. The number of aryl methyl sites for hydroxylation is 1. The van der Waals surface area contributed by atoms with Crippen molar-refractivity contribution in [1.29, 1.82) is 5.26 Å². The van der Waals surface area contributed by atoms with Crippen LogP contribution in [0.1, 0.15) is 5.69 Å². The molecular weight excluding hydrogens is 460 g/mol. The maximum absolute atomic E-state index is 13.8. The monoisotopic (exact) mass is 471 g/mol. The summed E-state index contributed by atoms with van der Waals surface area (Å²) < 4.78 is 21.1. The second-order valence-electron chi connectivity index (χ2n) is 6.68. The van der Waals surface area contributed by atoms with E-state index in [1.807, 2.05) is 6.07 Å². The number of oxazole rings is 1. The van der Waals surface area contributed by atoms with Gasteiger partial charge < -0.3 is 4.42 Å². The first-order valence-corrected chi connectivity index (χ1v) is 9.83. The summed E-state index contributed by atoms with van der Waals surface area (Å²) in [6.45, 7) is 1.23. The van der Waals surface area contributed by atoms with Gasteiger partial charge in [-0.15, -0.1) is 0 Å². The van der Waals surface area contributed by atoms with Crippen LogP contribution in [0, 0.1) is 24.1 Å². The fourth-order valence-electron chi connectivity index (χ4n) is 3.22. The lowest BCUT2D eigenvalue weighted by Gasteiger charge is -2.16. The number of pyridine rings is 1. The molecule has 0 aliphatic heterocycles. The zero-order valence-electron chi connectivity index (χ0n) is 16.3. The number of benzene rings is 1. The Balaban J connectivity index is 2.21. The van der Waals surface area contributed by atoms with Gasteiger partial charge in [0.1, 0.15) is 24.3 Å². The van der Waals surface area contributed by atoms with Crippen LogP contribution < -0.4 is 11.2 Å². The summed E-state index contributed by atoms with van der Waals surface area (Å²) in [5, 5.41) is 9.35. The van der Waals surface area contributed by atoms with E-state index in [0.29, 0.717) is 5.69 Å². The number of nitrogens with zero attached hydrogens (tertiary/aromatic N) is 5. The molecule has 0 aliphatic rings. The number of hydrogen-bond donors (Lipinski definition) is 0. The molecule has 0 saturated carbocycles. The lowest BCUT2D eigenvalue weighted by molar-refractivity contribution is 0.560. The van der Waals surface area contributed by atoms with Crippen LogP contribution >= 0.6 is 23.2 Å². The molecule has 0 amide bonds. The van der Waals surface area contributed by atoms with Gasteiger partial charge in [-0.3, -0.25) is 14.3 Å². The number of hydrogen-bond acceptors (Lipinski definition) is 6. The topological polar surface area (TPSA) is 107 Å². The van der Waals surface area contributed by atoms with Gasteiger partial charge in [0.2, 0.25) is 5.89 Å². The molecule has 0 radical (unpaired) electrons. The van der Waals surface area contributed by atoms with Crippen LogP contribution in [0.5, 0.6) is 0 Å². The van der Waals surface area contributed by atoms with E-state index in [0.717, 1.165) is 15.2 Å². The molecule has 0 unspecified atom stereocenters. The lowest BCUT2D eigenvalue weighted by Crippen LogP contribution is -2.40. The van der Waals surface area contributed by atoms with Gasteiger partial charge >= 0.3 is 5.69 Å². The minimum absolute atomic E-state index is 0.0384. The molecule has 4 aromatic rings. The van der Waals surface area contributed by atoms with Gasteiger partial charge in [-0.2, -0.15) is 5.26 Å². The van der Waals surface area contributed by atoms with Crippen molar-refractivity contribution >= 4 is 23.2 Å². The third-order valence-electron chi connectivity index (χ3n) is 4.55. The summed E-state index contributed by atoms with van der Waals surface area (Å²) in [4.78, 5) is 35.1. The highest BCUT2D eigenvalue weighted by Crippen LogP contribution is 2.31. The fourth-order valence-corrected chi connectivity index (χ4v) is 3.56. The van der Waals surface area contributed by atoms with Crippen LogP contribution in [0.3, 0.4) is 0 Å². The van der Waals surface area contributed by atoms with E-state index in [4.69, 9.17) is 27.6 Å². The smallest absolute Gasteiger partial charge is 0.337 e. The van der Waals surface area contributed by atoms with Crippen molar-refractivity contribution in [1.82, 2.24) is 19.1 Å². The summed E-state index contributed by atoms with van der Waals surface area (Å²) in [6.07, 6.45) is 3.96. The highest BCUT2D eigenvalue weighted by atomic mass is 35.5. The van der Waals surface area contributed by atoms with Gasteiger partial charge in [0.25, 0.3) is 5.56 Å². The van der Waals surface area contributed by atoms with Crippen molar-refractivity contribution in [3.63, 3.8) is 0 Å². The Kier molecular flexibility index (Phi) is 5.65. The molecule has 0 atom stereocenters. The van der Waals surface area contributed by atoms with Crippen LogP contribution in [0.25, 0.3) is 28.4 Å². The average Bonchev–Trinajstić information content (AvgIpc) is 3.18. The first kappa shape index (κ1) is 21.5. The van der Waals surface area contributed by atoms with Crippen molar-refractivity contribution in [2.75, 3.05) is 0 Å². The maximum Gasteiger partial charge on any atom is 0.337 e. The molecule has 0 N–H and O–H groups in total. The third-order valence-corrected chi connectivity index (χ3v) is 5.05. The van der Waals surface area contributed by atoms with E-state index in [9.17, 15) is 19.2 Å². The molecular formula is C21H12Cl2FN5O3. The lowest BCUT2D eigenvalue weighted by atomic mass is 10.0. The molecule has 0 saturated heterocycles.